The first-order valence-corrected chi connectivity index (χ1v) is 7.52. The fraction of sp³-hybridized carbons (Fsp3) is 1.00. The van der Waals surface area contributed by atoms with Gasteiger partial charge in [-0.2, -0.15) is 0 Å². The smallest absolute Gasteiger partial charge is 0.187 e. The quantitative estimate of drug-likeness (QED) is 0.274. The highest BCUT2D eigenvalue weighted by Crippen LogP contribution is 2.29. The van der Waals surface area contributed by atoms with Crippen LogP contribution in [0.2, 0.25) is 0 Å². The Hall–Kier alpha value is -0.360. The van der Waals surface area contributed by atoms with Crippen LogP contribution in [0.3, 0.4) is 0 Å². The van der Waals surface area contributed by atoms with Crippen LogP contribution >= 0.6 is 0 Å². The molecule has 10 N–H and O–H groups in total. The highest BCUT2D eigenvalue weighted by molar-refractivity contribution is 4.97. The Morgan fingerprint density at radius 1 is 1.00 bits per heavy atom. The third-order valence-corrected chi connectivity index (χ3v) is 4.71. The van der Waals surface area contributed by atoms with E-state index in [1.165, 1.54) is 0 Å². The molecule has 2 fully saturated rings. The Kier molecular flexibility index (Phi) is 5.75. The van der Waals surface area contributed by atoms with Gasteiger partial charge in [-0.15, -0.1) is 0 Å². The minimum atomic E-state index is -1.47. The largest absolute Gasteiger partial charge is 0.390 e. The van der Waals surface area contributed by atoms with Crippen molar-refractivity contribution in [3.05, 3.63) is 0 Å². The number of rotatable bonds is 3. The van der Waals surface area contributed by atoms with Crippen LogP contribution in [0.1, 0.15) is 13.3 Å². The summed E-state index contributed by atoms with van der Waals surface area (Å²) >= 11 is 0. The molecule has 0 bridgehead atoms. The standard InChI is InChI=1S/C13H27N3O6/c1-4-5(15)2-6(16)12(8(4)17)22-13-11(20)10(19)9(18)7(3-14)21-13/h4-13,17-20H,2-3,14-16H2,1H3/t4?,5-,6?,7?,8-,9-,10+,11?,12-,13-/m1/s1. The summed E-state index contributed by atoms with van der Waals surface area (Å²) < 4.78 is 11.0. The topological polar surface area (TPSA) is 177 Å². The van der Waals surface area contributed by atoms with Crippen molar-refractivity contribution < 1.29 is 29.9 Å². The van der Waals surface area contributed by atoms with Gasteiger partial charge in [0.25, 0.3) is 0 Å². The molecule has 0 aromatic carbocycles. The van der Waals surface area contributed by atoms with E-state index in [0.29, 0.717) is 6.42 Å². The van der Waals surface area contributed by atoms with Gasteiger partial charge in [0.1, 0.15) is 30.5 Å². The highest BCUT2D eigenvalue weighted by Gasteiger charge is 2.47. The van der Waals surface area contributed by atoms with Gasteiger partial charge in [0, 0.05) is 18.6 Å². The first-order chi connectivity index (χ1) is 10.3. The van der Waals surface area contributed by atoms with E-state index in [2.05, 4.69) is 0 Å². The van der Waals surface area contributed by atoms with Crippen LogP contribution in [-0.2, 0) is 9.47 Å². The third kappa shape index (κ3) is 3.28. The molecule has 22 heavy (non-hydrogen) atoms. The number of ether oxygens (including phenoxy) is 2. The van der Waals surface area contributed by atoms with Crippen molar-refractivity contribution >= 4 is 0 Å². The van der Waals surface area contributed by atoms with Crippen LogP contribution in [0.15, 0.2) is 0 Å². The van der Waals surface area contributed by atoms with E-state index in [0.717, 1.165) is 0 Å². The average molecular weight is 321 g/mol. The molecule has 2 aliphatic rings. The van der Waals surface area contributed by atoms with E-state index in [1.54, 1.807) is 6.92 Å². The Balaban J connectivity index is 2.08. The number of hydrogen-bond acceptors (Lipinski definition) is 9. The number of hydrogen-bond donors (Lipinski definition) is 7. The lowest BCUT2D eigenvalue weighted by atomic mass is 9.79. The van der Waals surface area contributed by atoms with Gasteiger partial charge in [-0.3, -0.25) is 0 Å². The second-order valence-electron chi connectivity index (χ2n) is 6.26. The maximum Gasteiger partial charge on any atom is 0.187 e. The van der Waals surface area contributed by atoms with Crippen molar-refractivity contribution in [3.8, 4) is 0 Å². The fourth-order valence-corrected chi connectivity index (χ4v) is 3.03. The summed E-state index contributed by atoms with van der Waals surface area (Å²) in [6.45, 7) is 1.74. The van der Waals surface area contributed by atoms with Crippen molar-refractivity contribution in [3.63, 3.8) is 0 Å². The van der Waals surface area contributed by atoms with Gasteiger partial charge in [0.05, 0.1) is 6.10 Å². The molecule has 4 unspecified atom stereocenters. The predicted octanol–water partition coefficient (Wildman–Crippen LogP) is -3.81. The molecule has 1 heterocycles. The molecule has 1 saturated carbocycles. The lowest BCUT2D eigenvalue weighted by Crippen LogP contribution is -2.64. The number of nitrogens with two attached hydrogens (primary N) is 3. The normalized spacial score (nSPS) is 53.5. The van der Waals surface area contributed by atoms with Crippen LogP contribution in [0.5, 0.6) is 0 Å². The molecule has 1 saturated heterocycles. The Labute approximate surface area is 129 Å². The molecule has 1 aliphatic heterocycles. The summed E-state index contributed by atoms with van der Waals surface area (Å²) in [5.41, 5.74) is 17.3. The molecule has 9 nitrogen and oxygen atoms in total. The third-order valence-electron chi connectivity index (χ3n) is 4.71. The fourth-order valence-electron chi connectivity index (χ4n) is 3.03. The van der Waals surface area contributed by atoms with Gasteiger partial charge < -0.3 is 47.1 Å². The van der Waals surface area contributed by atoms with Gasteiger partial charge in [-0.25, -0.2) is 0 Å². The summed E-state index contributed by atoms with van der Waals surface area (Å²) in [4.78, 5) is 0. The minimum Gasteiger partial charge on any atom is -0.390 e. The van der Waals surface area contributed by atoms with Gasteiger partial charge in [0.15, 0.2) is 6.29 Å². The molecule has 10 atom stereocenters. The first-order valence-electron chi connectivity index (χ1n) is 7.52. The molecular formula is C13H27N3O6. The summed E-state index contributed by atoms with van der Waals surface area (Å²) in [7, 11) is 0. The SMILES string of the molecule is CC1[C@H](N)CC(N)[C@@H](O[C@H]2OC(CN)[C@@H](O)[C@H](O)C2O)[C@@H]1O. The molecular weight excluding hydrogens is 294 g/mol. The van der Waals surface area contributed by atoms with Crippen molar-refractivity contribution in [2.45, 2.75) is 68.3 Å². The minimum absolute atomic E-state index is 0.0502. The number of aliphatic hydroxyl groups excluding tert-OH is 4. The van der Waals surface area contributed by atoms with E-state index in [4.69, 9.17) is 26.7 Å². The van der Waals surface area contributed by atoms with E-state index in [1.807, 2.05) is 0 Å². The molecule has 0 spiro atoms. The Morgan fingerprint density at radius 3 is 2.23 bits per heavy atom. The van der Waals surface area contributed by atoms with Gasteiger partial charge in [-0.1, -0.05) is 6.92 Å². The zero-order chi connectivity index (χ0) is 16.6. The highest BCUT2D eigenvalue weighted by atomic mass is 16.7. The van der Waals surface area contributed by atoms with E-state index < -0.39 is 49.0 Å². The van der Waals surface area contributed by atoms with Crippen molar-refractivity contribution in [2.24, 2.45) is 23.1 Å². The van der Waals surface area contributed by atoms with Crippen molar-refractivity contribution in [1.82, 2.24) is 0 Å². The molecule has 2 rings (SSSR count). The summed E-state index contributed by atoms with van der Waals surface area (Å²) in [5, 5.41) is 39.9. The van der Waals surface area contributed by atoms with E-state index >= 15 is 0 Å². The van der Waals surface area contributed by atoms with Crippen LogP contribution < -0.4 is 17.2 Å². The van der Waals surface area contributed by atoms with Crippen molar-refractivity contribution in [2.75, 3.05) is 6.54 Å². The maximum atomic E-state index is 10.3. The van der Waals surface area contributed by atoms with Crippen LogP contribution in [0, 0.1) is 5.92 Å². The van der Waals surface area contributed by atoms with Crippen molar-refractivity contribution in [1.29, 1.82) is 0 Å². The summed E-state index contributed by atoms with van der Waals surface area (Å²) in [6, 6.07) is -0.774. The maximum absolute atomic E-state index is 10.3. The average Bonchev–Trinajstić information content (AvgIpc) is 2.49. The Bertz CT molecular complexity index is 374. The zero-order valence-corrected chi connectivity index (χ0v) is 12.5. The molecule has 0 aromatic heterocycles. The number of aliphatic hydroxyl groups is 4. The molecule has 0 aromatic rings. The van der Waals surface area contributed by atoms with E-state index in [9.17, 15) is 20.4 Å². The van der Waals surface area contributed by atoms with Crippen LogP contribution in [-0.4, -0.2) is 82.0 Å². The lowest BCUT2D eigenvalue weighted by Gasteiger charge is -2.45. The van der Waals surface area contributed by atoms with Gasteiger partial charge in [0.2, 0.25) is 0 Å². The molecule has 130 valence electrons. The second kappa shape index (κ2) is 7.04. The Morgan fingerprint density at radius 2 is 1.64 bits per heavy atom. The molecule has 0 radical (unpaired) electrons. The lowest BCUT2D eigenvalue weighted by molar-refractivity contribution is -0.316. The molecule has 0 amide bonds. The predicted molar refractivity (Wildman–Crippen MR) is 76.3 cm³/mol. The van der Waals surface area contributed by atoms with E-state index in [-0.39, 0.29) is 18.5 Å². The van der Waals surface area contributed by atoms with Crippen LogP contribution in [0.25, 0.3) is 0 Å². The molecule has 1 aliphatic carbocycles. The second-order valence-corrected chi connectivity index (χ2v) is 6.26. The van der Waals surface area contributed by atoms with Gasteiger partial charge >= 0.3 is 0 Å². The van der Waals surface area contributed by atoms with Crippen LogP contribution in [0.4, 0.5) is 0 Å². The summed E-state index contributed by atoms with van der Waals surface area (Å²) in [5.74, 6) is -0.230. The zero-order valence-electron chi connectivity index (χ0n) is 12.5. The monoisotopic (exact) mass is 321 g/mol. The first kappa shape index (κ1) is 18.0. The van der Waals surface area contributed by atoms with Gasteiger partial charge in [-0.05, 0) is 12.3 Å². The molecule has 9 heteroatoms. The summed E-state index contributed by atoms with van der Waals surface area (Å²) in [6.07, 6.45) is -7.61.